The maximum absolute atomic E-state index is 8.63. The maximum Gasteiger partial charge on any atom is 0.174 e. The van der Waals surface area contributed by atoms with Crippen LogP contribution in [0.1, 0.15) is 32.3 Å². The van der Waals surface area contributed by atoms with E-state index in [1.54, 1.807) is 0 Å². The van der Waals surface area contributed by atoms with Gasteiger partial charge in [0.15, 0.2) is 6.61 Å². The van der Waals surface area contributed by atoms with Crippen molar-refractivity contribution in [1.82, 2.24) is 0 Å². The molecule has 104 valence electrons. The molecule has 0 saturated heterocycles. The highest BCUT2D eigenvalue weighted by Gasteiger charge is 2.09. The first kappa shape index (κ1) is 15.3. The third-order valence-electron chi connectivity index (χ3n) is 2.81. The lowest BCUT2D eigenvalue weighted by molar-refractivity contribution is 0.311. The first-order chi connectivity index (χ1) is 9.21. The van der Waals surface area contributed by atoms with Crippen molar-refractivity contribution in [1.29, 1.82) is 5.26 Å². The summed E-state index contributed by atoms with van der Waals surface area (Å²) in [4.78, 5) is 0. The second-order valence-corrected chi connectivity index (χ2v) is 4.44. The Morgan fingerprint density at radius 2 is 2.11 bits per heavy atom. The average molecular weight is 262 g/mol. The number of hydrogen-bond acceptors (Lipinski definition) is 4. The highest BCUT2D eigenvalue weighted by molar-refractivity contribution is 5.41. The Kier molecular flexibility index (Phi) is 6.76. The second-order valence-electron chi connectivity index (χ2n) is 4.44. The van der Waals surface area contributed by atoms with Crippen molar-refractivity contribution >= 4 is 0 Å². The van der Waals surface area contributed by atoms with E-state index in [2.05, 4.69) is 13.8 Å². The van der Waals surface area contributed by atoms with Gasteiger partial charge in [0.25, 0.3) is 0 Å². The van der Waals surface area contributed by atoms with Gasteiger partial charge in [-0.15, -0.1) is 0 Å². The lowest BCUT2D eigenvalue weighted by Gasteiger charge is -2.15. The summed E-state index contributed by atoms with van der Waals surface area (Å²) in [5.41, 5.74) is 6.99. The SMILES string of the molecule is CCCOc1ccc(CC(N)CC)c(OCC#N)c1. The van der Waals surface area contributed by atoms with Crippen LogP contribution in [0, 0.1) is 11.3 Å². The van der Waals surface area contributed by atoms with Gasteiger partial charge in [0.05, 0.1) is 6.61 Å². The fourth-order valence-electron chi connectivity index (χ4n) is 1.68. The Hall–Kier alpha value is -1.73. The highest BCUT2D eigenvalue weighted by atomic mass is 16.5. The van der Waals surface area contributed by atoms with Crippen molar-refractivity contribution in [2.45, 2.75) is 39.2 Å². The Bertz CT molecular complexity index is 427. The van der Waals surface area contributed by atoms with E-state index >= 15 is 0 Å². The van der Waals surface area contributed by atoms with Gasteiger partial charge >= 0.3 is 0 Å². The second kappa shape index (κ2) is 8.39. The fourth-order valence-corrected chi connectivity index (χ4v) is 1.68. The Morgan fingerprint density at radius 3 is 2.74 bits per heavy atom. The number of nitrogens with two attached hydrogens (primary N) is 1. The molecule has 0 bridgehead atoms. The van der Waals surface area contributed by atoms with Crippen LogP contribution in [0.3, 0.4) is 0 Å². The van der Waals surface area contributed by atoms with E-state index in [-0.39, 0.29) is 12.6 Å². The lowest BCUT2D eigenvalue weighted by Crippen LogP contribution is -2.21. The van der Waals surface area contributed by atoms with E-state index in [4.69, 9.17) is 20.5 Å². The molecule has 1 aromatic rings. The molecule has 0 saturated carbocycles. The van der Waals surface area contributed by atoms with E-state index in [9.17, 15) is 0 Å². The van der Waals surface area contributed by atoms with Crippen LogP contribution >= 0.6 is 0 Å². The zero-order valence-electron chi connectivity index (χ0n) is 11.7. The zero-order valence-corrected chi connectivity index (χ0v) is 11.7. The van der Waals surface area contributed by atoms with Crippen LogP contribution in [0.2, 0.25) is 0 Å². The number of hydrogen-bond donors (Lipinski definition) is 1. The third kappa shape index (κ3) is 5.19. The number of nitrogens with zero attached hydrogens (tertiary/aromatic N) is 1. The van der Waals surface area contributed by atoms with Crippen molar-refractivity contribution in [2.24, 2.45) is 5.73 Å². The van der Waals surface area contributed by atoms with Crippen molar-refractivity contribution in [2.75, 3.05) is 13.2 Å². The lowest BCUT2D eigenvalue weighted by atomic mass is 10.0. The first-order valence-corrected chi connectivity index (χ1v) is 6.72. The van der Waals surface area contributed by atoms with Crippen molar-refractivity contribution in [3.63, 3.8) is 0 Å². The molecule has 0 aliphatic heterocycles. The van der Waals surface area contributed by atoms with Crippen LogP contribution in [0.15, 0.2) is 18.2 Å². The van der Waals surface area contributed by atoms with E-state index in [0.29, 0.717) is 12.4 Å². The van der Waals surface area contributed by atoms with Gasteiger partial charge < -0.3 is 15.2 Å². The molecule has 1 atom stereocenters. The fraction of sp³-hybridized carbons (Fsp3) is 0.533. The van der Waals surface area contributed by atoms with Gasteiger partial charge in [-0.1, -0.05) is 19.9 Å². The van der Waals surface area contributed by atoms with Crippen LogP contribution in [-0.4, -0.2) is 19.3 Å². The number of ether oxygens (including phenoxy) is 2. The summed E-state index contributed by atoms with van der Waals surface area (Å²) in [5, 5.41) is 8.63. The third-order valence-corrected chi connectivity index (χ3v) is 2.81. The van der Waals surface area contributed by atoms with Gasteiger partial charge in [0.1, 0.15) is 17.6 Å². The van der Waals surface area contributed by atoms with E-state index in [0.717, 1.165) is 30.6 Å². The predicted octanol–water partition coefficient (Wildman–Crippen LogP) is 2.66. The minimum atomic E-state index is 0.0333. The highest BCUT2D eigenvalue weighted by Crippen LogP contribution is 2.26. The molecule has 1 aromatic carbocycles. The van der Waals surface area contributed by atoms with Crippen molar-refractivity contribution in [3.05, 3.63) is 23.8 Å². The zero-order chi connectivity index (χ0) is 14.1. The first-order valence-electron chi connectivity index (χ1n) is 6.72. The van der Waals surface area contributed by atoms with Gasteiger partial charge in [0.2, 0.25) is 0 Å². The monoisotopic (exact) mass is 262 g/mol. The molecular weight excluding hydrogens is 240 g/mol. The van der Waals surface area contributed by atoms with Gasteiger partial charge in [-0.05, 0) is 30.9 Å². The van der Waals surface area contributed by atoms with Gasteiger partial charge in [-0.25, -0.2) is 0 Å². The molecule has 1 unspecified atom stereocenters. The molecule has 0 fully saturated rings. The summed E-state index contributed by atoms with van der Waals surface area (Å²) in [7, 11) is 0. The van der Waals surface area contributed by atoms with E-state index in [1.165, 1.54) is 0 Å². The number of rotatable bonds is 8. The number of benzene rings is 1. The van der Waals surface area contributed by atoms with E-state index in [1.807, 2.05) is 24.3 Å². The summed E-state index contributed by atoms with van der Waals surface area (Å²) in [5.74, 6) is 1.46. The molecular formula is C15H22N2O2. The quantitative estimate of drug-likeness (QED) is 0.782. The molecule has 0 spiro atoms. The average Bonchev–Trinajstić information content (AvgIpc) is 2.44. The Labute approximate surface area is 115 Å². The molecule has 0 radical (unpaired) electrons. The largest absolute Gasteiger partial charge is 0.493 e. The molecule has 0 aromatic heterocycles. The summed E-state index contributed by atoms with van der Waals surface area (Å²) >= 11 is 0. The van der Waals surface area contributed by atoms with Crippen molar-refractivity contribution < 1.29 is 9.47 Å². The van der Waals surface area contributed by atoms with Crippen LogP contribution in [0.4, 0.5) is 0 Å². The minimum absolute atomic E-state index is 0.0333. The maximum atomic E-state index is 8.63. The van der Waals surface area contributed by atoms with Crippen LogP contribution < -0.4 is 15.2 Å². The molecule has 4 heteroatoms. The van der Waals surface area contributed by atoms with E-state index < -0.39 is 0 Å². The smallest absolute Gasteiger partial charge is 0.174 e. The Morgan fingerprint density at radius 1 is 1.32 bits per heavy atom. The van der Waals surface area contributed by atoms with Crippen LogP contribution in [0.25, 0.3) is 0 Å². The van der Waals surface area contributed by atoms with Crippen LogP contribution in [0.5, 0.6) is 11.5 Å². The predicted molar refractivity (Wildman–Crippen MR) is 75.3 cm³/mol. The van der Waals surface area contributed by atoms with Crippen molar-refractivity contribution in [3.8, 4) is 17.6 Å². The van der Waals surface area contributed by atoms with Gasteiger partial charge in [-0.3, -0.25) is 0 Å². The van der Waals surface area contributed by atoms with Gasteiger partial charge in [-0.2, -0.15) is 5.26 Å². The summed E-state index contributed by atoms with van der Waals surface area (Å²) < 4.78 is 11.0. The molecule has 19 heavy (non-hydrogen) atoms. The molecule has 0 amide bonds. The molecule has 0 aliphatic rings. The standard InChI is InChI=1S/C15H22N2O2/c1-3-8-18-14-6-5-12(10-13(17)4-2)15(11-14)19-9-7-16/h5-6,11,13H,3-4,8-10,17H2,1-2H3. The number of nitriles is 1. The molecule has 2 N–H and O–H groups in total. The molecule has 1 rings (SSSR count). The summed E-state index contributed by atoms with van der Waals surface area (Å²) in [6.07, 6.45) is 2.61. The molecule has 0 aliphatic carbocycles. The molecule has 0 heterocycles. The summed E-state index contributed by atoms with van der Waals surface area (Å²) in [6.45, 7) is 4.82. The normalized spacial score (nSPS) is 11.7. The van der Waals surface area contributed by atoms with Crippen LogP contribution in [-0.2, 0) is 6.42 Å². The van der Waals surface area contributed by atoms with Gasteiger partial charge in [0, 0.05) is 12.1 Å². The Balaban J connectivity index is 2.85. The minimum Gasteiger partial charge on any atom is -0.493 e. The molecule has 4 nitrogen and oxygen atoms in total. The topological polar surface area (TPSA) is 68.3 Å². The summed E-state index contributed by atoms with van der Waals surface area (Å²) in [6, 6.07) is 7.81.